The molecule has 6 heteroatoms. The van der Waals surface area contributed by atoms with Crippen molar-refractivity contribution in [2.45, 2.75) is 38.3 Å². The maximum absolute atomic E-state index is 6.01. The molecule has 1 aromatic heterocycles. The van der Waals surface area contributed by atoms with E-state index in [0.29, 0.717) is 24.2 Å². The third-order valence-corrected chi connectivity index (χ3v) is 3.70. The second kappa shape index (κ2) is 6.54. The van der Waals surface area contributed by atoms with Crippen LogP contribution in [-0.4, -0.2) is 28.8 Å². The minimum atomic E-state index is -0.167. The Hall–Kier alpha value is -0.590. The highest BCUT2D eigenvalue weighted by atomic mass is 32.2. The minimum absolute atomic E-state index is 0.0137. The van der Waals surface area contributed by atoms with Gasteiger partial charge in [-0.25, -0.2) is 0 Å². The predicted octanol–water partition coefficient (Wildman–Crippen LogP) is 2.31. The highest BCUT2D eigenvalue weighted by Crippen LogP contribution is 2.42. The van der Waals surface area contributed by atoms with E-state index in [1.165, 1.54) is 12.8 Å². The van der Waals surface area contributed by atoms with E-state index in [2.05, 4.69) is 16.4 Å². The minimum Gasteiger partial charge on any atom is -0.370 e. The lowest BCUT2D eigenvalue weighted by Crippen LogP contribution is -2.13. The molecule has 1 saturated carbocycles. The molecule has 1 aromatic rings. The molecule has 1 heterocycles. The van der Waals surface area contributed by atoms with Gasteiger partial charge in [-0.1, -0.05) is 5.16 Å². The number of hydrogen-bond acceptors (Lipinski definition) is 6. The van der Waals surface area contributed by atoms with Crippen molar-refractivity contribution >= 4 is 11.8 Å². The molecule has 0 spiro atoms. The fraction of sp³-hybridized carbons (Fsp3) is 0.833. The van der Waals surface area contributed by atoms with Crippen molar-refractivity contribution in [3.8, 4) is 0 Å². The summed E-state index contributed by atoms with van der Waals surface area (Å²) >= 11 is 1.77. The van der Waals surface area contributed by atoms with E-state index in [4.69, 9.17) is 15.0 Å². The van der Waals surface area contributed by atoms with E-state index in [1.807, 2.05) is 6.92 Å². The zero-order valence-electron chi connectivity index (χ0n) is 11.0. The third kappa shape index (κ3) is 3.46. The summed E-state index contributed by atoms with van der Waals surface area (Å²) in [4.78, 5) is 4.41. The van der Waals surface area contributed by atoms with Crippen LogP contribution in [0, 0.1) is 5.92 Å². The van der Waals surface area contributed by atoms with E-state index < -0.39 is 0 Å². The van der Waals surface area contributed by atoms with Crippen LogP contribution in [0.5, 0.6) is 0 Å². The van der Waals surface area contributed by atoms with Crippen LogP contribution in [0.4, 0.5) is 0 Å². The molecule has 18 heavy (non-hydrogen) atoms. The molecule has 102 valence electrons. The van der Waals surface area contributed by atoms with Gasteiger partial charge in [0.1, 0.15) is 6.10 Å². The van der Waals surface area contributed by atoms with Crippen molar-refractivity contribution in [1.82, 2.24) is 10.1 Å². The zero-order chi connectivity index (χ0) is 13.0. The summed E-state index contributed by atoms with van der Waals surface area (Å²) in [5.41, 5.74) is 6.01. The van der Waals surface area contributed by atoms with Crippen LogP contribution in [0.2, 0.25) is 0 Å². The number of aromatic nitrogens is 2. The fourth-order valence-electron chi connectivity index (χ4n) is 1.88. The smallest absolute Gasteiger partial charge is 0.243 e. The van der Waals surface area contributed by atoms with Gasteiger partial charge in [-0.15, -0.1) is 0 Å². The Morgan fingerprint density at radius 3 is 2.94 bits per heavy atom. The molecule has 0 aromatic carbocycles. The highest BCUT2D eigenvalue weighted by Gasteiger charge is 2.36. The van der Waals surface area contributed by atoms with Gasteiger partial charge in [0.25, 0.3) is 0 Å². The highest BCUT2D eigenvalue weighted by molar-refractivity contribution is 7.98. The molecule has 1 aliphatic carbocycles. The number of ether oxygens (including phenoxy) is 1. The number of nitrogens with zero attached hydrogens (tertiary/aromatic N) is 2. The average Bonchev–Trinajstić information content (AvgIpc) is 3.09. The molecular weight excluding hydrogens is 250 g/mol. The zero-order valence-corrected chi connectivity index (χ0v) is 11.8. The van der Waals surface area contributed by atoms with E-state index in [1.54, 1.807) is 11.8 Å². The van der Waals surface area contributed by atoms with Crippen LogP contribution >= 0.6 is 11.8 Å². The number of hydrogen-bond donors (Lipinski definition) is 1. The first kappa shape index (κ1) is 13.8. The van der Waals surface area contributed by atoms with Gasteiger partial charge in [0.15, 0.2) is 0 Å². The lowest BCUT2D eigenvalue weighted by Gasteiger charge is -2.11. The summed E-state index contributed by atoms with van der Waals surface area (Å²) in [6.45, 7) is 2.66. The van der Waals surface area contributed by atoms with Crippen molar-refractivity contribution in [2.24, 2.45) is 11.7 Å². The van der Waals surface area contributed by atoms with Crippen molar-refractivity contribution in [1.29, 1.82) is 0 Å². The largest absolute Gasteiger partial charge is 0.370 e. The lowest BCUT2D eigenvalue weighted by atomic mass is 10.2. The Morgan fingerprint density at radius 1 is 1.56 bits per heavy atom. The predicted molar refractivity (Wildman–Crippen MR) is 71.3 cm³/mol. The summed E-state index contributed by atoms with van der Waals surface area (Å²) in [5.74, 6) is 2.74. The Morgan fingerprint density at radius 2 is 2.33 bits per heavy atom. The van der Waals surface area contributed by atoms with Crippen LogP contribution in [0.3, 0.4) is 0 Å². The van der Waals surface area contributed by atoms with E-state index in [0.717, 1.165) is 12.2 Å². The first-order valence-corrected chi connectivity index (χ1v) is 7.85. The molecule has 0 bridgehead atoms. The van der Waals surface area contributed by atoms with Crippen molar-refractivity contribution in [3.05, 3.63) is 11.7 Å². The Labute approximate surface area is 112 Å². The molecular formula is C12H21N3O2S. The Balaban J connectivity index is 1.99. The topological polar surface area (TPSA) is 74.2 Å². The van der Waals surface area contributed by atoms with Gasteiger partial charge in [-0.3, -0.25) is 0 Å². The maximum atomic E-state index is 6.01. The molecule has 1 aliphatic rings. The second-order valence-corrected chi connectivity index (χ2v) is 5.58. The van der Waals surface area contributed by atoms with Crippen molar-refractivity contribution < 1.29 is 9.26 Å². The van der Waals surface area contributed by atoms with Gasteiger partial charge in [0, 0.05) is 6.61 Å². The molecule has 2 rings (SSSR count). The Bertz CT molecular complexity index is 368. The first-order valence-electron chi connectivity index (χ1n) is 6.45. The molecule has 0 aliphatic heterocycles. The quantitative estimate of drug-likeness (QED) is 0.782. The van der Waals surface area contributed by atoms with Crippen molar-refractivity contribution in [3.63, 3.8) is 0 Å². The Kier molecular flexibility index (Phi) is 5.03. The van der Waals surface area contributed by atoms with Gasteiger partial charge < -0.3 is 15.0 Å². The lowest BCUT2D eigenvalue weighted by molar-refractivity contribution is 0.0384. The fourth-order valence-corrected chi connectivity index (χ4v) is 2.37. The molecule has 0 saturated heterocycles. The summed E-state index contributed by atoms with van der Waals surface area (Å²) in [7, 11) is 0. The van der Waals surface area contributed by atoms with Gasteiger partial charge >= 0.3 is 0 Å². The van der Waals surface area contributed by atoms with Crippen LogP contribution in [0.1, 0.15) is 50.0 Å². The van der Waals surface area contributed by atoms with E-state index >= 15 is 0 Å². The van der Waals surface area contributed by atoms with Crippen LogP contribution in [0.15, 0.2) is 4.52 Å². The SMILES string of the molecule is CCOC(c1noc(C(N)CCSC)n1)C1CC1. The monoisotopic (exact) mass is 271 g/mol. The van der Waals surface area contributed by atoms with E-state index in [-0.39, 0.29) is 12.1 Å². The van der Waals surface area contributed by atoms with Crippen LogP contribution in [-0.2, 0) is 4.74 Å². The number of rotatable bonds is 8. The van der Waals surface area contributed by atoms with Crippen LogP contribution < -0.4 is 5.73 Å². The summed E-state index contributed by atoms with van der Waals surface area (Å²) in [6.07, 6.45) is 5.27. The first-order chi connectivity index (χ1) is 8.76. The molecule has 0 radical (unpaired) electrons. The average molecular weight is 271 g/mol. The number of thioether (sulfide) groups is 1. The molecule has 0 amide bonds. The van der Waals surface area contributed by atoms with Gasteiger partial charge in [-0.2, -0.15) is 16.7 Å². The molecule has 2 N–H and O–H groups in total. The maximum Gasteiger partial charge on any atom is 0.243 e. The van der Waals surface area contributed by atoms with Gasteiger partial charge in [0.05, 0.1) is 6.04 Å². The summed E-state index contributed by atoms with van der Waals surface area (Å²) < 4.78 is 10.9. The molecule has 2 atom stereocenters. The normalized spacial score (nSPS) is 18.8. The van der Waals surface area contributed by atoms with Gasteiger partial charge in [0.2, 0.25) is 11.7 Å². The van der Waals surface area contributed by atoms with Crippen LogP contribution in [0.25, 0.3) is 0 Å². The second-order valence-electron chi connectivity index (χ2n) is 4.59. The number of nitrogens with two attached hydrogens (primary N) is 1. The third-order valence-electron chi connectivity index (χ3n) is 3.06. The standard InChI is InChI=1S/C12H21N3O2S/c1-3-16-10(8-4-5-8)11-14-12(17-15-11)9(13)6-7-18-2/h8-10H,3-7,13H2,1-2H3. The molecule has 1 fully saturated rings. The molecule has 2 unspecified atom stereocenters. The summed E-state index contributed by atoms with van der Waals surface area (Å²) in [5, 5.41) is 4.03. The van der Waals surface area contributed by atoms with Crippen molar-refractivity contribution in [2.75, 3.05) is 18.6 Å². The summed E-state index contributed by atoms with van der Waals surface area (Å²) in [6, 6.07) is -0.167. The van der Waals surface area contributed by atoms with E-state index in [9.17, 15) is 0 Å². The molecule has 5 nitrogen and oxygen atoms in total. The van der Waals surface area contributed by atoms with Gasteiger partial charge in [-0.05, 0) is 44.1 Å².